The van der Waals surface area contributed by atoms with Crippen LogP contribution in [0.3, 0.4) is 0 Å². The molecule has 33 heavy (non-hydrogen) atoms. The Hall–Kier alpha value is -2.75. The Bertz CT molecular complexity index is 1190. The Morgan fingerprint density at radius 3 is 2.76 bits per heavy atom. The average Bonchev–Trinajstić information content (AvgIpc) is 3.33. The Kier molecular flexibility index (Phi) is 5.11. The Morgan fingerprint density at radius 1 is 1.30 bits per heavy atom. The van der Waals surface area contributed by atoms with Crippen molar-refractivity contribution in [3.8, 4) is 5.75 Å². The maximum Gasteiger partial charge on any atom is 0.254 e. The molecule has 0 radical (unpaired) electrons. The van der Waals surface area contributed by atoms with Crippen LogP contribution in [0.25, 0.3) is 0 Å². The van der Waals surface area contributed by atoms with Crippen molar-refractivity contribution >= 4 is 45.8 Å². The summed E-state index contributed by atoms with van der Waals surface area (Å²) >= 11 is 7.02. The lowest BCUT2D eigenvalue weighted by Crippen LogP contribution is -2.62. The topological polar surface area (TPSA) is 66.0 Å². The van der Waals surface area contributed by atoms with Crippen molar-refractivity contribution in [3.05, 3.63) is 66.5 Å². The van der Waals surface area contributed by atoms with Gasteiger partial charge in [0.25, 0.3) is 5.91 Å². The number of rotatable bonds is 4. The van der Waals surface area contributed by atoms with E-state index in [0.717, 1.165) is 16.8 Å². The molecule has 1 aromatic heterocycles. The third-order valence-electron chi connectivity index (χ3n) is 7.06. The van der Waals surface area contributed by atoms with Gasteiger partial charge in [-0.15, -0.1) is 6.58 Å². The summed E-state index contributed by atoms with van der Waals surface area (Å²) < 4.78 is 4.77. The smallest absolute Gasteiger partial charge is 0.254 e. The van der Waals surface area contributed by atoms with Crippen molar-refractivity contribution in [3.63, 3.8) is 0 Å². The first kappa shape index (κ1) is 22.1. The SMILES string of the molecule is C=CCN1C(=O)[C@@]2(SC1=S)[C@H](c1cccnc1)CN(C)[C@@]21C(=O)N(C)c2ccc(OC)cc21. The molecule has 2 aromatic rings. The number of carbonyl (C=O) groups excluding carboxylic acids is 2. The number of likely N-dealkylation sites (tertiary alicyclic amines) is 1. The summed E-state index contributed by atoms with van der Waals surface area (Å²) in [7, 11) is 5.26. The molecule has 0 saturated carbocycles. The molecule has 2 saturated heterocycles. The molecule has 0 unspecified atom stereocenters. The number of amides is 2. The van der Waals surface area contributed by atoms with E-state index in [1.807, 2.05) is 42.3 Å². The summed E-state index contributed by atoms with van der Waals surface area (Å²) in [6.07, 6.45) is 5.15. The second-order valence-corrected chi connectivity index (χ2v) is 10.4. The quantitative estimate of drug-likeness (QED) is 0.493. The zero-order chi connectivity index (χ0) is 23.5. The van der Waals surface area contributed by atoms with E-state index in [9.17, 15) is 9.59 Å². The van der Waals surface area contributed by atoms with Crippen LogP contribution in [0.2, 0.25) is 0 Å². The number of fused-ring (bicyclic) bond motifs is 3. The Labute approximate surface area is 202 Å². The van der Waals surface area contributed by atoms with E-state index in [2.05, 4.69) is 11.6 Å². The van der Waals surface area contributed by atoms with Crippen molar-refractivity contribution in [2.75, 3.05) is 39.2 Å². The van der Waals surface area contributed by atoms with E-state index >= 15 is 0 Å². The van der Waals surface area contributed by atoms with Crippen LogP contribution < -0.4 is 9.64 Å². The van der Waals surface area contributed by atoms with Crippen LogP contribution in [-0.4, -0.2) is 70.0 Å². The number of likely N-dealkylation sites (N-methyl/N-ethyl adjacent to an activating group) is 2. The lowest BCUT2D eigenvalue weighted by Gasteiger charge is -2.42. The summed E-state index contributed by atoms with van der Waals surface area (Å²) in [6.45, 7) is 4.58. The second-order valence-electron chi connectivity index (χ2n) is 8.49. The fourth-order valence-corrected chi connectivity index (χ4v) is 7.82. The van der Waals surface area contributed by atoms with Crippen molar-refractivity contribution in [1.29, 1.82) is 0 Å². The fraction of sp³-hybridized carbons (Fsp3) is 0.333. The number of thiocarbonyl (C=S) groups is 1. The average molecular weight is 481 g/mol. The molecular weight excluding hydrogens is 456 g/mol. The highest BCUT2D eigenvalue weighted by Crippen LogP contribution is 2.66. The van der Waals surface area contributed by atoms with Crippen molar-refractivity contribution in [2.45, 2.75) is 16.2 Å². The van der Waals surface area contributed by atoms with Gasteiger partial charge in [0.1, 0.15) is 14.8 Å². The molecule has 2 fully saturated rings. The predicted molar refractivity (Wildman–Crippen MR) is 133 cm³/mol. The van der Waals surface area contributed by atoms with Gasteiger partial charge in [0, 0.05) is 49.7 Å². The van der Waals surface area contributed by atoms with E-state index in [4.69, 9.17) is 17.0 Å². The fourth-order valence-electron chi connectivity index (χ4n) is 5.67. The highest BCUT2D eigenvalue weighted by Gasteiger charge is 2.78. The number of hydrogen-bond donors (Lipinski definition) is 0. The number of pyridine rings is 1. The largest absolute Gasteiger partial charge is 0.497 e. The van der Waals surface area contributed by atoms with Gasteiger partial charge >= 0.3 is 0 Å². The number of aromatic nitrogens is 1. The standard InChI is InChI=1S/C24H24N4O3S2/c1-5-11-28-21(30)24(33-22(28)32)18(15-7-6-10-25-13-15)14-26(2)23(24)17-12-16(31-4)8-9-19(17)27(3)20(23)29/h5-10,12-13,18H,1,11,14H2,2-4H3/t18-,23-,24-/m0/s1. The molecule has 4 heterocycles. The van der Waals surface area contributed by atoms with Gasteiger partial charge in [-0.3, -0.25) is 24.4 Å². The predicted octanol–water partition coefficient (Wildman–Crippen LogP) is 2.78. The number of hydrogen-bond acceptors (Lipinski definition) is 7. The van der Waals surface area contributed by atoms with Crippen LogP contribution in [-0.2, 0) is 15.1 Å². The Balaban J connectivity index is 1.84. The molecule has 1 aromatic carbocycles. The molecule has 5 rings (SSSR count). The maximum atomic E-state index is 14.4. The summed E-state index contributed by atoms with van der Waals surface area (Å²) in [5, 5.41) is 0. The number of ether oxygens (including phenoxy) is 1. The van der Waals surface area contributed by atoms with E-state index in [0.29, 0.717) is 23.2 Å². The van der Waals surface area contributed by atoms with Gasteiger partial charge in [0.15, 0.2) is 5.54 Å². The zero-order valence-electron chi connectivity index (χ0n) is 18.6. The van der Waals surface area contributed by atoms with Crippen LogP contribution in [0.1, 0.15) is 17.0 Å². The molecule has 2 spiro atoms. The molecule has 7 nitrogen and oxygen atoms in total. The molecule has 3 atom stereocenters. The monoisotopic (exact) mass is 480 g/mol. The molecule has 3 aliphatic heterocycles. The minimum atomic E-state index is -1.26. The zero-order valence-corrected chi connectivity index (χ0v) is 20.3. The first-order chi connectivity index (χ1) is 15.8. The number of benzene rings is 1. The van der Waals surface area contributed by atoms with Crippen LogP contribution in [0.15, 0.2) is 55.4 Å². The van der Waals surface area contributed by atoms with E-state index < -0.39 is 10.3 Å². The third-order valence-corrected chi connectivity index (χ3v) is 9.00. The van der Waals surface area contributed by atoms with Crippen LogP contribution >= 0.6 is 24.0 Å². The third kappa shape index (κ3) is 2.61. The molecule has 170 valence electrons. The highest BCUT2D eigenvalue weighted by atomic mass is 32.2. The number of anilines is 1. The molecule has 0 N–H and O–H groups in total. The van der Waals surface area contributed by atoms with Gasteiger partial charge < -0.3 is 9.64 Å². The number of methoxy groups -OCH3 is 1. The van der Waals surface area contributed by atoms with Gasteiger partial charge in [0.2, 0.25) is 5.91 Å². The van der Waals surface area contributed by atoms with E-state index in [1.54, 1.807) is 42.4 Å². The second kappa shape index (κ2) is 7.65. The van der Waals surface area contributed by atoms with Gasteiger partial charge in [0.05, 0.1) is 7.11 Å². The summed E-state index contributed by atoms with van der Waals surface area (Å²) in [5.41, 5.74) is 1.17. The Morgan fingerprint density at radius 2 is 2.09 bits per heavy atom. The minimum absolute atomic E-state index is 0.149. The number of carbonyl (C=O) groups is 2. The first-order valence-corrected chi connectivity index (χ1v) is 11.8. The van der Waals surface area contributed by atoms with E-state index in [-0.39, 0.29) is 17.7 Å². The van der Waals surface area contributed by atoms with Gasteiger partial charge in [-0.25, -0.2) is 0 Å². The van der Waals surface area contributed by atoms with Crippen molar-refractivity contribution < 1.29 is 14.3 Å². The maximum absolute atomic E-state index is 14.4. The number of nitrogens with zero attached hydrogens (tertiary/aromatic N) is 4. The lowest BCUT2D eigenvalue weighted by molar-refractivity contribution is -0.138. The summed E-state index contributed by atoms with van der Waals surface area (Å²) in [4.78, 5) is 38.1. The van der Waals surface area contributed by atoms with E-state index in [1.165, 1.54) is 11.8 Å². The lowest BCUT2D eigenvalue weighted by atomic mass is 9.72. The van der Waals surface area contributed by atoms with Gasteiger partial charge in [-0.2, -0.15) is 0 Å². The molecule has 0 bridgehead atoms. The van der Waals surface area contributed by atoms with Gasteiger partial charge in [-0.1, -0.05) is 36.1 Å². The van der Waals surface area contributed by atoms with Crippen LogP contribution in [0.4, 0.5) is 5.69 Å². The minimum Gasteiger partial charge on any atom is -0.497 e. The van der Waals surface area contributed by atoms with Crippen LogP contribution in [0, 0.1) is 0 Å². The summed E-state index contributed by atoms with van der Waals surface area (Å²) in [6, 6.07) is 9.42. The first-order valence-electron chi connectivity index (χ1n) is 10.6. The molecule has 9 heteroatoms. The molecule has 2 amide bonds. The molecule has 3 aliphatic rings. The highest BCUT2D eigenvalue weighted by molar-refractivity contribution is 8.25. The molecule has 0 aliphatic carbocycles. The number of thioether (sulfide) groups is 1. The normalized spacial score (nSPS) is 28.9. The van der Waals surface area contributed by atoms with Crippen molar-refractivity contribution in [1.82, 2.24) is 14.8 Å². The van der Waals surface area contributed by atoms with Crippen LogP contribution in [0.5, 0.6) is 5.75 Å². The molecular formula is C24H24N4O3S2. The summed E-state index contributed by atoms with van der Waals surface area (Å²) in [5.74, 6) is -0.00157. The van der Waals surface area contributed by atoms with Gasteiger partial charge in [-0.05, 0) is 36.9 Å². The van der Waals surface area contributed by atoms with Crippen molar-refractivity contribution in [2.24, 2.45) is 0 Å².